The summed E-state index contributed by atoms with van der Waals surface area (Å²) in [5, 5.41) is 3.05. The van der Waals surface area contributed by atoms with Gasteiger partial charge in [0.25, 0.3) is 0 Å². The van der Waals surface area contributed by atoms with Crippen molar-refractivity contribution in [2.24, 2.45) is 10.9 Å². The fourth-order valence-electron chi connectivity index (χ4n) is 3.21. The molecule has 0 radical (unpaired) electrons. The first kappa shape index (κ1) is 13.2. The van der Waals surface area contributed by atoms with E-state index in [4.69, 9.17) is 0 Å². The van der Waals surface area contributed by atoms with E-state index in [0.29, 0.717) is 6.54 Å². The number of aromatic nitrogens is 2. The molecule has 0 atom stereocenters. The van der Waals surface area contributed by atoms with Crippen LogP contribution in [0.4, 0.5) is 0 Å². The molecule has 22 heavy (non-hydrogen) atoms. The van der Waals surface area contributed by atoms with Crippen LogP contribution in [0, 0.1) is 5.92 Å². The summed E-state index contributed by atoms with van der Waals surface area (Å²) in [6.45, 7) is 0.590. The van der Waals surface area contributed by atoms with E-state index in [-0.39, 0.29) is 11.8 Å². The van der Waals surface area contributed by atoms with Gasteiger partial charge >= 0.3 is 0 Å². The summed E-state index contributed by atoms with van der Waals surface area (Å²) in [5.41, 5.74) is 3.43. The molecule has 1 fully saturated rings. The van der Waals surface area contributed by atoms with Gasteiger partial charge in [0, 0.05) is 5.92 Å². The molecule has 5 nitrogen and oxygen atoms in total. The molecule has 0 saturated heterocycles. The average Bonchev–Trinajstić information content (AvgIpc) is 3.26. The van der Waals surface area contributed by atoms with Crippen LogP contribution < -0.4 is 5.32 Å². The molecule has 112 valence electrons. The number of imidazole rings is 1. The van der Waals surface area contributed by atoms with Gasteiger partial charge in [0.2, 0.25) is 5.91 Å². The normalized spacial score (nSPS) is 18.5. The lowest BCUT2D eigenvalue weighted by atomic mass is 10.1. The number of aromatic amines is 1. The van der Waals surface area contributed by atoms with E-state index in [1.807, 2.05) is 30.3 Å². The largest absolute Gasteiger partial charge is 0.337 e. The summed E-state index contributed by atoms with van der Waals surface area (Å²) in [7, 11) is 0. The smallest absolute Gasteiger partial charge is 0.227 e. The Hall–Kier alpha value is -2.43. The van der Waals surface area contributed by atoms with Gasteiger partial charge in [0.1, 0.15) is 5.71 Å². The number of hydrogen-bond acceptors (Lipinski definition) is 3. The highest BCUT2D eigenvalue weighted by molar-refractivity contribution is 6.14. The van der Waals surface area contributed by atoms with Gasteiger partial charge in [-0.2, -0.15) is 0 Å². The first-order valence-corrected chi connectivity index (χ1v) is 7.82. The van der Waals surface area contributed by atoms with E-state index in [0.717, 1.165) is 53.9 Å². The molecule has 1 aliphatic heterocycles. The second-order valence-electron chi connectivity index (χ2n) is 5.88. The summed E-state index contributed by atoms with van der Waals surface area (Å²) in [6.07, 6.45) is 6.26. The van der Waals surface area contributed by atoms with Gasteiger partial charge < -0.3 is 10.3 Å². The number of fused-ring (bicyclic) bond motifs is 1. The zero-order chi connectivity index (χ0) is 14.9. The second-order valence-corrected chi connectivity index (χ2v) is 5.88. The topological polar surface area (TPSA) is 70.1 Å². The SMILES string of the molecule is O=C(NC1=CCN=C1c1nc2ccccc2[nH]1)C1CCCC1. The minimum atomic E-state index is 0.120. The Labute approximate surface area is 128 Å². The van der Waals surface area contributed by atoms with Crippen molar-refractivity contribution in [2.45, 2.75) is 25.7 Å². The molecule has 1 saturated carbocycles. The molecular weight excluding hydrogens is 276 g/mol. The molecule has 1 aliphatic carbocycles. The number of nitrogens with zero attached hydrogens (tertiary/aromatic N) is 2. The van der Waals surface area contributed by atoms with Crippen LogP contribution in [-0.4, -0.2) is 28.1 Å². The van der Waals surface area contributed by atoms with Crippen molar-refractivity contribution in [3.05, 3.63) is 41.9 Å². The van der Waals surface area contributed by atoms with Gasteiger partial charge in [-0.1, -0.05) is 25.0 Å². The highest BCUT2D eigenvalue weighted by Gasteiger charge is 2.26. The second kappa shape index (κ2) is 5.40. The zero-order valence-corrected chi connectivity index (χ0v) is 12.3. The number of hydrogen-bond donors (Lipinski definition) is 2. The molecule has 2 aliphatic rings. The molecule has 1 aromatic carbocycles. The third-order valence-electron chi connectivity index (χ3n) is 4.40. The van der Waals surface area contributed by atoms with Crippen LogP contribution in [-0.2, 0) is 4.79 Å². The van der Waals surface area contributed by atoms with Gasteiger partial charge in [-0.15, -0.1) is 0 Å². The summed E-state index contributed by atoms with van der Waals surface area (Å²) >= 11 is 0. The lowest BCUT2D eigenvalue weighted by molar-refractivity contribution is -0.123. The lowest BCUT2D eigenvalue weighted by Gasteiger charge is -2.11. The first-order chi connectivity index (χ1) is 10.8. The highest BCUT2D eigenvalue weighted by Crippen LogP contribution is 2.25. The number of H-pyrrole nitrogens is 1. The summed E-state index contributed by atoms with van der Waals surface area (Å²) in [4.78, 5) is 24.6. The summed E-state index contributed by atoms with van der Waals surface area (Å²) < 4.78 is 0. The van der Waals surface area contributed by atoms with Crippen LogP contribution in [0.2, 0.25) is 0 Å². The molecule has 0 unspecified atom stereocenters. The highest BCUT2D eigenvalue weighted by atomic mass is 16.1. The summed E-state index contributed by atoms with van der Waals surface area (Å²) in [5.74, 6) is 0.990. The number of carbonyl (C=O) groups excluding carboxylic acids is 1. The molecule has 2 heterocycles. The predicted molar refractivity (Wildman–Crippen MR) is 85.7 cm³/mol. The number of benzene rings is 1. The Morgan fingerprint density at radius 2 is 2.05 bits per heavy atom. The van der Waals surface area contributed by atoms with Crippen LogP contribution in [0.1, 0.15) is 31.5 Å². The van der Waals surface area contributed by atoms with Crippen LogP contribution >= 0.6 is 0 Å². The molecule has 2 N–H and O–H groups in total. The standard InChI is InChI=1S/C17H18N4O/c22-17(11-5-1-2-6-11)21-14-9-10-18-15(14)16-19-12-7-3-4-8-13(12)20-16/h3-4,7-9,11H,1-2,5-6,10H2,(H,19,20)(H,21,22). The molecule has 0 bridgehead atoms. The van der Waals surface area contributed by atoms with Gasteiger partial charge in [0.05, 0.1) is 23.3 Å². The maximum Gasteiger partial charge on any atom is 0.227 e. The molecule has 1 aromatic heterocycles. The summed E-state index contributed by atoms with van der Waals surface area (Å²) in [6, 6.07) is 7.88. The molecular formula is C17H18N4O. The van der Waals surface area contributed by atoms with Crippen molar-refractivity contribution < 1.29 is 4.79 Å². The quantitative estimate of drug-likeness (QED) is 0.913. The Balaban J connectivity index is 1.56. The van der Waals surface area contributed by atoms with Gasteiger partial charge in [-0.05, 0) is 31.1 Å². The Bertz CT molecular complexity index is 748. The number of para-hydroxylation sites is 2. The fraction of sp³-hybridized carbons (Fsp3) is 0.353. The number of aliphatic imine (C=N–C) groups is 1. The third kappa shape index (κ3) is 2.32. The zero-order valence-electron chi connectivity index (χ0n) is 12.3. The van der Waals surface area contributed by atoms with Gasteiger partial charge in [-0.3, -0.25) is 9.79 Å². The monoisotopic (exact) mass is 294 g/mol. The maximum absolute atomic E-state index is 12.3. The number of carbonyl (C=O) groups is 1. The minimum absolute atomic E-state index is 0.120. The van der Waals surface area contributed by atoms with E-state index < -0.39 is 0 Å². The van der Waals surface area contributed by atoms with Crippen molar-refractivity contribution >= 4 is 22.7 Å². The van der Waals surface area contributed by atoms with Crippen molar-refractivity contribution in [1.82, 2.24) is 15.3 Å². The van der Waals surface area contributed by atoms with E-state index in [1.165, 1.54) is 0 Å². The molecule has 0 spiro atoms. The van der Waals surface area contributed by atoms with Crippen LogP contribution in [0.25, 0.3) is 11.0 Å². The molecule has 1 amide bonds. The molecule has 4 rings (SSSR count). The number of rotatable bonds is 3. The average molecular weight is 294 g/mol. The Morgan fingerprint density at radius 3 is 2.86 bits per heavy atom. The van der Waals surface area contributed by atoms with Gasteiger partial charge in [0.15, 0.2) is 5.82 Å². The van der Waals surface area contributed by atoms with E-state index in [9.17, 15) is 4.79 Å². The van der Waals surface area contributed by atoms with Crippen molar-refractivity contribution in [2.75, 3.05) is 6.54 Å². The fourth-order valence-corrected chi connectivity index (χ4v) is 3.21. The van der Waals surface area contributed by atoms with E-state index in [1.54, 1.807) is 0 Å². The first-order valence-electron chi connectivity index (χ1n) is 7.82. The third-order valence-corrected chi connectivity index (χ3v) is 4.40. The predicted octanol–water partition coefficient (Wildman–Crippen LogP) is 2.56. The van der Waals surface area contributed by atoms with Crippen LogP contribution in [0.3, 0.4) is 0 Å². The van der Waals surface area contributed by atoms with Gasteiger partial charge in [-0.25, -0.2) is 4.98 Å². The Kier molecular flexibility index (Phi) is 3.25. The van der Waals surface area contributed by atoms with Crippen molar-refractivity contribution in [1.29, 1.82) is 0 Å². The van der Waals surface area contributed by atoms with Crippen molar-refractivity contribution in [3.8, 4) is 0 Å². The van der Waals surface area contributed by atoms with E-state index >= 15 is 0 Å². The lowest BCUT2D eigenvalue weighted by Crippen LogP contribution is -2.31. The van der Waals surface area contributed by atoms with Crippen molar-refractivity contribution in [3.63, 3.8) is 0 Å². The Morgan fingerprint density at radius 1 is 1.23 bits per heavy atom. The number of amides is 1. The molecule has 2 aromatic rings. The number of nitrogens with one attached hydrogen (secondary N) is 2. The maximum atomic E-state index is 12.3. The van der Waals surface area contributed by atoms with Crippen LogP contribution in [0.15, 0.2) is 41.0 Å². The van der Waals surface area contributed by atoms with Crippen LogP contribution in [0.5, 0.6) is 0 Å². The number of allylic oxidation sites excluding steroid dienone is 1. The molecule has 5 heteroatoms. The van der Waals surface area contributed by atoms with E-state index in [2.05, 4.69) is 20.3 Å². The minimum Gasteiger partial charge on any atom is -0.337 e.